The Bertz CT molecular complexity index is 1010. The monoisotopic (exact) mass is 500 g/mol. The Morgan fingerprint density at radius 2 is 2.11 bits per heavy atom. The number of para-hydroxylation sites is 1. The molecular formula is C29H44N2O5. The third-order valence-electron chi connectivity index (χ3n) is 8.16. The van der Waals surface area contributed by atoms with Gasteiger partial charge < -0.3 is 30.0 Å². The average Bonchev–Trinajstić information content (AvgIpc) is 3.42. The number of ether oxygens (including phenoxy) is 1. The fraction of sp³-hybridized carbons (Fsp3) is 0.690. The summed E-state index contributed by atoms with van der Waals surface area (Å²) in [7, 11) is 1.70. The van der Waals surface area contributed by atoms with Crippen molar-refractivity contribution in [3.05, 3.63) is 35.6 Å². The van der Waals surface area contributed by atoms with Crippen LogP contribution in [0.5, 0.6) is 0 Å². The molecule has 7 nitrogen and oxygen atoms in total. The molecule has 1 saturated heterocycles. The van der Waals surface area contributed by atoms with Gasteiger partial charge in [-0.25, -0.2) is 0 Å². The van der Waals surface area contributed by atoms with Crippen molar-refractivity contribution in [3.63, 3.8) is 0 Å². The molecule has 2 fully saturated rings. The van der Waals surface area contributed by atoms with Crippen molar-refractivity contribution in [2.45, 2.75) is 83.0 Å². The number of rotatable bonds is 10. The van der Waals surface area contributed by atoms with Crippen LogP contribution in [-0.2, 0) is 21.6 Å². The Kier molecular flexibility index (Phi) is 8.76. The minimum atomic E-state index is -1.12. The maximum absolute atomic E-state index is 13.4. The Morgan fingerprint density at radius 3 is 2.81 bits per heavy atom. The number of carbonyl (C=O) groups excluding carboxylic acids is 1. The van der Waals surface area contributed by atoms with E-state index in [1.807, 2.05) is 23.1 Å². The van der Waals surface area contributed by atoms with Gasteiger partial charge in [0.1, 0.15) is 11.3 Å². The molecule has 5 atom stereocenters. The standard InChI is InChI=1S/C29H44N2O5/c1-19(2)14-23-15-20-8-6-10-24(27(20)36-23)29(34,11-4-5-13-35-3)22-9-7-12-31(18-22)28(33)21-16-25(30)26(32)17-21/h6,8,10,15,19,21-22,25-26,32,34H,4-5,7,9,11-14,16-18,30H2,1-3H3/t21-,22?,25+,26-,29-/m0/s1. The highest BCUT2D eigenvalue weighted by Crippen LogP contribution is 2.43. The van der Waals surface area contributed by atoms with Crippen LogP contribution < -0.4 is 5.73 Å². The molecule has 2 aliphatic rings. The SMILES string of the molecule is COCCCC[C@@](O)(c1cccc2cc(CC(C)C)oc12)C1CCCN(C(=O)[C@H]2C[C@@H](N)[C@@H](O)C2)C1. The van der Waals surface area contributed by atoms with Crippen LogP contribution in [0, 0.1) is 17.8 Å². The van der Waals surface area contributed by atoms with E-state index in [4.69, 9.17) is 14.9 Å². The number of benzene rings is 1. The van der Waals surface area contributed by atoms with E-state index in [0.29, 0.717) is 44.9 Å². The number of nitrogens with two attached hydrogens (primary N) is 1. The summed E-state index contributed by atoms with van der Waals surface area (Å²) in [6.45, 7) is 6.17. The van der Waals surface area contributed by atoms with Gasteiger partial charge in [-0.05, 0) is 56.9 Å². The van der Waals surface area contributed by atoms with Crippen molar-refractivity contribution < 1.29 is 24.2 Å². The van der Waals surface area contributed by atoms with Crippen molar-refractivity contribution in [1.82, 2.24) is 4.90 Å². The van der Waals surface area contributed by atoms with Crippen LogP contribution in [0.2, 0.25) is 0 Å². The summed E-state index contributed by atoms with van der Waals surface area (Å²) in [5, 5.41) is 23.5. The first-order chi connectivity index (χ1) is 17.2. The number of aliphatic hydroxyl groups excluding tert-OH is 1. The molecule has 4 rings (SSSR count). The molecule has 0 bridgehead atoms. The van der Waals surface area contributed by atoms with Crippen molar-refractivity contribution in [3.8, 4) is 0 Å². The zero-order valence-electron chi connectivity index (χ0n) is 22.1. The molecule has 0 radical (unpaired) electrons. The van der Waals surface area contributed by atoms with Gasteiger partial charge in [0.15, 0.2) is 0 Å². The molecule has 1 saturated carbocycles. The maximum atomic E-state index is 13.4. The van der Waals surface area contributed by atoms with E-state index in [9.17, 15) is 15.0 Å². The predicted molar refractivity (Wildman–Crippen MR) is 140 cm³/mol. The number of piperidine rings is 1. The van der Waals surface area contributed by atoms with Crippen LogP contribution in [0.3, 0.4) is 0 Å². The van der Waals surface area contributed by atoms with Crippen LogP contribution >= 0.6 is 0 Å². The summed E-state index contributed by atoms with van der Waals surface area (Å²) in [6, 6.07) is 7.79. The van der Waals surface area contributed by atoms with Crippen molar-refractivity contribution >= 4 is 16.9 Å². The van der Waals surface area contributed by atoms with Gasteiger partial charge in [0, 0.05) is 62.1 Å². The lowest BCUT2D eigenvalue weighted by Crippen LogP contribution is -2.49. The summed E-state index contributed by atoms with van der Waals surface area (Å²) >= 11 is 0. The first kappa shape index (κ1) is 27.1. The minimum absolute atomic E-state index is 0.0591. The molecule has 2 aromatic rings. The number of fused-ring (bicyclic) bond motifs is 1. The van der Waals surface area contributed by atoms with Gasteiger partial charge in [0.25, 0.3) is 0 Å². The number of hydrogen-bond acceptors (Lipinski definition) is 6. The third-order valence-corrected chi connectivity index (χ3v) is 8.16. The van der Waals surface area contributed by atoms with E-state index in [2.05, 4.69) is 19.9 Å². The number of methoxy groups -OCH3 is 1. The van der Waals surface area contributed by atoms with Crippen LogP contribution in [0.15, 0.2) is 28.7 Å². The molecule has 36 heavy (non-hydrogen) atoms. The summed E-state index contributed by atoms with van der Waals surface area (Å²) in [5.74, 6) is 1.12. The number of carbonyl (C=O) groups is 1. The highest BCUT2D eigenvalue weighted by atomic mass is 16.5. The fourth-order valence-corrected chi connectivity index (χ4v) is 6.24. The summed E-state index contributed by atoms with van der Waals surface area (Å²) in [6.07, 6.45) is 5.11. The van der Waals surface area contributed by atoms with Crippen LogP contribution in [-0.4, -0.2) is 60.0 Å². The van der Waals surface area contributed by atoms with Crippen molar-refractivity contribution in [2.75, 3.05) is 26.8 Å². The van der Waals surface area contributed by atoms with Gasteiger partial charge >= 0.3 is 0 Å². The maximum Gasteiger partial charge on any atom is 0.225 e. The minimum Gasteiger partial charge on any atom is -0.461 e. The second-order valence-corrected chi connectivity index (χ2v) is 11.4. The lowest BCUT2D eigenvalue weighted by atomic mass is 9.73. The number of aliphatic hydroxyl groups is 2. The third kappa shape index (κ3) is 5.80. The number of amides is 1. The second kappa shape index (κ2) is 11.6. The van der Waals surface area contributed by atoms with Crippen LogP contribution in [0.1, 0.15) is 70.1 Å². The molecule has 1 amide bonds. The van der Waals surface area contributed by atoms with E-state index in [0.717, 1.165) is 54.4 Å². The highest BCUT2D eigenvalue weighted by molar-refractivity contribution is 5.82. The van der Waals surface area contributed by atoms with E-state index < -0.39 is 11.7 Å². The van der Waals surface area contributed by atoms with Crippen LogP contribution in [0.4, 0.5) is 0 Å². The molecule has 1 aromatic carbocycles. The molecule has 2 heterocycles. The van der Waals surface area contributed by atoms with Gasteiger partial charge in [-0.1, -0.05) is 32.0 Å². The Balaban J connectivity index is 1.62. The van der Waals surface area contributed by atoms with Crippen LogP contribution in [0.25, 0.3) is 11.0 Å². The normalized spacial score (nSPS) is 26.6. The van der Waals surface area contributed by atoms with Crippen molar-refractivity contribution in [2.24, 2.45) is 23.5 Å². The first-order valence-corrected chi connectivity index (χ1v) is 13.7. The topological polar surface area (TPSA) is 109 Å². The number of nitrogens with zero attached hydrogens (tertiary/aromatic N) is 1. The average molecular weight is 501 g/mol. The first-order valence-electron chi connectivity index (χ1n) is 13.7. The van der Waals surface area contributed by atoms with E-state index in [1.54, 1.807) is 7.11 Å². The quantitative estimate of drug-likeness (QED) is 0.426. The zero-order valence-corrected chi connectivity index (χ0v) is 22.1. The molecule has 1 aliphatic heterocycles. The van der Waals surface area contributed by atoms with Crippen molar-refractivity contribution in [1.29, 1.82) is 0 Å². The Morgan fingerprint density at radius 1 is 1.31 bits per heavy atom. The summed E-state index contributed by atoms with van der Waals surface area (Å²) in [5.41, 5.74) is 6.46. The predicted octanol–water partition coefficient (Wildman–Crippen LogP) is 3.97. The van der Waals surface area contributed by atoms with Gasteiger partial charge in [-0.15, -0.1) is 0 Å². The van der Waals surface area contributed by atoms with Gasteiger partial charge in [0.05, 0.1) is 11.7 Å². The van der Waals surface area contributed by atoms with Gasteiger partial charge in [0.2, 0.25) is 5.91 Å². The molecule has 1 aromatic heterocycles. The van der Waals surface area contributed by atoms with E-state index in [-0.39, 0.29) is 23.8 Å². The highest BCUT2D eigenvalue weighted by Gasteiger charge is 2.44. The molecule has 0 spiro atoms. The Labute approximate surface area is 215 Å². The molecule has 200 valence electrons. The molecular weight excluding hydrogens is 456 g/mol. The fourth-order valence-electron chi connectivity index (χ4n) is 6.24. The number of furan rings is 1. The Hall–Kier alpha value is -1.93. The number of unbranched alkanes of at least 4 members (excludes halogenated alkanes) is 1. The summed E-state index contributed by atoms with van der Waals surface area (Å²) < 4.78 is 11.6. The largest absolute Gasteiger partial charge is 0.461 e. The van der Waals surface area contributed by atoms with Gasteiger partial charge in [-0.2, -0.15) is 0 Å². The lowest BCUT2D eigenvalue weighted by Gasteiger charge is -2.43. The molecule has 4 N–H and O–H groups in total. The van der Waals surface area contributed by atoms with E-state index >= 15 is 0 Å². The van der Waals surface area contributed by atoms with Gasteiger partial charge in [-0.3, -0.25) is 4.79 Å². The van der Waals surface area contributed by atoms with E-state index in [1.165, 1.54) is 0 Å². The summed E-state index contributed by atoms with van der Waals surface area (Å²) in [4.78, 5) is 15.3. The molecule has 1 aliphatic carbocycles. The number of likely N-dealkylation sites (tertiary alicyclic amines) is 1. The molecule has 1 unspecified atom stereocenters. The zero-order chi connectivity index (χ0) is 25.9. The molecule has 7 heteroatoms. The smallest absolute Gasteiger partial charge is 0.225 e. The second-order valence-electron chi connectivity index (χ2n) is 11.4. The lowest BCUT2D eigenvalue weighted by molar-refractivity contribution is -0.141. The number of hydrogen-bond donors (Lipinski definition) is 3.